The van der Waals surface area contributed by atoms with Crippen LogP contribution in [0.2, 0.25) is 0 Å². The van der Waals surface area contributed by atoms with Gasteiger partial charge in [0.2, 0.25) is 0 Å². The summed E-state index contributed by atoms with van der Waals surface area (Å²) in [5, 5.41) is 0. The van der Waals surface area contributed by atoms with Crippen molar-refractivity contribution >= 4 is 11.4 Å². The molecule has 1 aliphatic rings. The van der Waals surface area contributed by atoms with Gasteiger partial charge in [-0.1, -0.05) is 139 Å². The van der Waals surface area contributed by atoms with Gasteiger partial charge in [0.25, 0.3) is 0 Å². The Morgan fingerprint density at radius 1 is 0.526 bits per heavy atom. The summed E-state index contributed by atoms with van der Waals surface area (Å²) in [6.07, 6.45) is 18.4. The molecule has 3 aromatic carbocycles. The summed E-state index contributed by atoms with van der Waals surface area (Å²) >= 11 is 0. The molecule has 0 heterocycles. The smallest absolute Gasteiger partial charge is 0.0317 e. The molecule has 0 amide bonds. The number of hydrogen-bond donors (Lipinski definition) is 2. The number of unbranched alkanes of at least 4 members (excludes halogenated alkanes) is 10. The van der Waals surface area contributed by atoms with Crippen molar-refractivity contribution in [1.82, 2.24) is 0 Å². The second-order valence-electron chi connectivity index (χ2n) is 11.4. The van der Waals surface area contributed by atoms with E-state index < -0.39 is 0 Å². The summed E-state index contributed by atoms with van der Waals surface area (Å²) in [6.45, 7) is 6.66. The van der Waals surface area contributed by atoms with Crippen molar-refractivity contribution in [1.29, 1.82) is 0 Å². The molecule has 0 aliphatic heterocycles. The number of nitrogen functional groups attached to an aromatic ring is 2. The number of aryl methyl sites for hydroxylation is 1. The summed E-state index contributed by atoms with van der Waals surface area (Å²) in [7, 11) is 0. The normalized spacial score (nSPS) is 12.9. The van der Waals surface area contributed by atoms with Gasteiger partial charge in [-0.05, 0) is 66.3 Å². The van der Waals surface area contributed by atoms with Gasteiger partial charge in [-0.2, -0.15) is 0 Å². The standard InChI is InChI=1S/C29H44N2.C7H8/c1-3-5-7-9-11-13-19-29(20-14-12-10-8-6-4-2)27-21-23(30)15-17-25(27)26-18-16-24(31)22-28(26)29;1-7-5-3-2-4-6-7/h15-18,21-22H,3-14,19-20,30-31H2,1-2H3;2-6H,1H3. The van der Waals surface area contributed by atoms with Crippen molar-refractivity contribution < 1.29 is 0 Å². The van der Waals surface area contributed by atoms with E-state index in [4.69, 9.17) is 11.5 Å². The van der Waals surface area contributed by atoms with Crippen LogP contribution in [0, 0.1) is 6.92 Å². The first kappa shape index (κ1) is 29.8. The lowest BCUT2D eigenvalue weighted by Gasteiger charge is -2.33. The third-order valence-corrected chi connectivity index (χ3v) is 8.26. The van der Waals surface area contributed by atoms with E-state index in [2.05, 4.69) is 69.3 Å². The van der Waals surface area contributed by atoms with E-state index in [0.29, 0.717) is 0 Å². The zero-order valence-electron chi connectivity index (χ0n) is 24.4. The van der Waals surface area contributed by atoms with E-state index in [1.165, 1.54) is 118 Å². The van der Waals surface area contributed by atoms with E-state index in [1.807, 2.05) is 18.2 Å². The summed E-state index contributed by atoms with van der Waals surface area (Å²) in [5.74, 6) is 0. The van der Waals surface area contributed by atoms with Gasteiger partial charge in [0.05, 0.1) is 0 Å². The molecule has 4 N–H and O–H groups in total. The van der Waals surface area contributed by atoms with E-state index in [9.17, 15) is 0 Å². The zero-order valence-corrected chi connectivity index (χ0v) is 24.4. The van der Waals surface area contributed by atoms with Crippen LogP contribution in [0.3, 0.4) is 0 Å². The molecule has 206 valence electrons. The van der Waals surface area contributed by atoms with Crippen molar-refractivity contribution in [2.75, 3.05) is 11.5 Å². The Balaban J connectivity index is 0.000000494. The maximum Gasteiger partial charge on any atom is 0.0317 e. The van der Waals surface area contributed by atoms with Crippen molar-refractivity contribution in [2.24, 2.45) is 0 Å². The van der Waals surface area contributed by atoms with E-state index in [-0.39, 0.29) is 5.41 Å². The Kier molecular flexibility index (Phi) is 12.3. The lowest BCUT2D eigenvalue weighted by Crippen LogP contribution is -2.26. The molecule has 0 atom stereocenters. The van der Waals surface area contributed by atoms with Crippen molar-refractivity contribution in [3.63, 3.8) is 0 Å². The van der Waals surface area contributed by atoms with Gasteiger partial charge < -0.3 is 11.5 Å². The van der Waals surface area contributed by atoms with Crippen molar-refractivity contribution in [3.05, 3.63) is 83.4 Å². The third-order valence-electron chi connectivity index (χ3n) is 8.26. The largest absolute Gasteiger partial charge is 0.399 e. The molecule has 0 radical (unpaired) electrons. The van der Waals surface area contributed by atoms with Gasteiger partial charge in [-0.3, -0.25) is 0 Å². The second-order valence-corrected chi connectivity index (χ2v) is 11.4. The molecule has 0 spiro atoms. The molecule has 3 aromatic rings. The topological polar surface area (TPSA) is 52.0 Å². The fourth-order valence-electron chi connectivity index (χ4n) is 6.14. The summed E-state index contributed by atoms with van der Waals surface area (Å²) in [4.78, 5) is 0. The lowest BCUT2D eigenvalue weighted by atomic mass is 9.70. The highest BCUT2D eigenvalue weighted by molar-refractivity contribution is 5.83. The van der Waals surface area contributed by atoms with Crippen molar-refractivity contribution in [2.45, 2.75) is 116 Å². The monoisotopic (exact) mass is 512 g/mol. The number of fused-ring (bicyclic) bond motifs is 3. The molecule has 0 aromatic heterocycles. The number of anilines is 2. The molecular weight excluding hydrogens is 460 g/mol. The number of nitrogens with two attached hydrogens (primary N) is 2. The molecular formula is C36H52N2. The highest BCUT2D eigenvalue weighted by Gasteiger charge is 2.42. The Bertz CT molecular complexity index is 1020. The highest BCUT2D eigenvalue weighted by Crippen LogP contribution is 2.55. The van der Waals surface area contributed by atoms with Gasteiger partial charge in [0.1, 0.15) is 0 Å². The molecule has 2 nitrogen and oxygen atoms in total. The van der Waals surface area contributed by atoms with Crippen LogP contribution >= 0.6 is 0 Å². The van der Waals surface area contributed by atoms with Crippen LogP contribution in [0.1, 0.15) is 120 Å². The molecule has 4 rings (SSSR count). The van der Waals surface area contributed by atoms with Gasteiger partial charge in [-0.15, -0.1) is 0 Å². The first-order chi connectivity index (χ1) is 18.5. The minimum atomic E-state index is 0.0743. The van der Waals surface area contributed by atoms with Crippen LogP contribution in [-0.2, 0) is 5.41 Å². The van der Waals surface area contributed by atoms with Gasteiger partial charge >= 0.3 is 0 Å². The summed E-state index contributed by atoms with van der Waals surface area (Å²) in [6, 6.07) is 23.4. The minimum absolute atomic E-state index is 0.0743. The van der Waals surface area contributed by atoms with Crippen LogP contribution in [0.5, 0.6) is 0 Å². The van der Waals surface area contributed by atoms with Crippen LogP contribution in [0.25, 0.3) is 11.1 Å². The second kappa shape index (κ2) is 15.6. The first-order valence-corrected chi connectivity index (χ1v) is 15.3. The quantitative estimate of drug-likeness (QED) is 0.167. The molecule has 0 fully saturated rings. The zero-order chi connectivity index (χ0) is 27.2. The Hall–Kier alpha value is -2.74. The van der Waals surface area contributed by atoms with Crippen LogP contribution in [0.4, 0.5) is 11.4 Å². The van der Waals surface area contributed by atoms with Crippen LogP contribution < -0.4 is 11.5 Å². The van der Waals surface area contributed by atoms with Gasteiger partial charge in [0, 0.05) is 16.8 Å². The van der Waals surface area contributed by atoms with Crippen LogP contribution in [-0.4, -0.2) is 0 Å². The maximum absolute atomic E-state index is 6.31. The average Bonchev–Trinajstić information content (AvgIpc) is 3.17. The van der Waals surface area contributed by atoms with Crippen LogP contribution in [0.15, 0.2) is 66.7 Å². The highest BCUT2D eigenvalue weighted by atomic mass is 14.6. The molecule has 0 bridgehead atoms. The summed E-state index contributed by atoms with van der Waals surface area (Å²) < 4.78 is 0. The number of hydrogen-bond acceptors (Lipinski definition) is 2. The fraction of sp³-hybridized carbons (Fsp3) is 0.500. The van der Waals surface area contributed by atoms with E-state index in [0.717, 1.165) is 11.4 Å². The Labute approximate surface area is 233 Å². The molecule has 2 heteroatoms. The lowest BCUT2D eigenvalue weighted by molar-refractivity contribution is 0.398. The number of benzene rings is 3. The van der Waals surface area contributed by atoms with Gasteiger partial charge in [-0.25, -0.2) is 0 Å². The SMILES string of the molecule is CCCCCCCCC1(CCCCCCCC)c2cc(N)ccc2-c2ccc(N)cc21.Cc1ccccc1. The van der Waals surface area contributed by atoms with E-state index in [1.54, 1.807) is 0 Å². The minimum Gasteiger partial charge on any atom is -0.399 e. The molecule has 0 unspecified atom stereocenters. The third kappa shape index (κ3) is 8.13. The molecule has 0 saturated heterocycles. The van der Waals surface area contributed by atoms with E-state index >= 15 is 0 Å². The average molecular weight is 513 g/mol. The fourth-order valence-corrected chi connectivity index (χ4v) is 6.14. The van der Waals surface area contributed by atoms with Gasteiger partial charge in [0.15, 0.2) is 0 Å². The molecule has 38 heavy (non-hydrogen) atoms. The first-order valence-electron chi connectivity index (χ1n) is 15.3. The molecule has 0 saturated carbocycles. The maximum atomic E-state index is 6.31. The molecule has 1 aliphatic carbocycles. The predicted octanol–water partition coefficient (Wildman–Crippen LogP) is 10.6. The predicted molar refractivity (Wildman–Crippen MR) is 169 cm³/mol. The Morgan fingerprint density at radius 2 is 0.947 bits per heavy atom. The van der Waals surface area contributed by atoms with Crippen molar-refractivity contribution in [3.8, 4) is 11.1 Å². The Morgan fingerprint density at radius 3 is 1.34 bits per heavy atom. The summed E-state index contributed by atoms with van der Waals surface area (Å²) in [5.41, 5.74) is 21.4. The number of rotatable bonds is 14.